The number of hydrogen-bond donors (Lipinski definition) is 1. The van der Waals surface area contributed by atoms with Gasteiger partial charge in [0.2, 0.25) is 5.91 Å². The van der Waals surface area contributed by atoms with E-state index in [0.717, 1.165) is 10.4 Å². The molecule has 2 aromatic rings. The third kappa shape index (κ3) is 3.83. The highest BCUT2D eigenvalue weighted by Gasteiger charge is 2.21. The minimum Gasteiger partial charge on any atom is -0.465 e. The van der Waals surface area contributed by atoms with Gasteiger partial charge in [-0.15, -0.1) is 11.3 Å². The van der Waals surface area contributed by atoms with Crippen molar-refractivity contribution in [1.29, 1.82) is 0 Å². The number of amides is 1. The molecule has 0 bridgehead atoms. The third-order valence-corrected chi connectivity index (χ3v) is 4.90. The highest BCUT2D eigenvalue weighted by Crippen LogP contribution is 2.33. The fourth-order valence-corrected chi connectivity index (χ4v) is 3.38. The van der Waals surface area contributed by atoms with E-state index in [9.17, 15) is 9.59 Å². The van der Waals surface area contributed by atoms with Crippen LogP contribution in [0.15, 0.2) is 23.6 Å². The van der Waals surface area contributed by atoms with E-state index in [4.69, 9.17) is 4.74 Å². The lowest BCUT2D eigenvalue weighted by atomic mass is 10.1. The molecule has 2 heterocycles. The molecule has 0 aliphatic rings. The number of carbonyl (C=O) groups is 2. The minimum atomic E-state index is -0.448. The Balaban J connectivity index is 2.05. The Hall–Kier alpha value is -1.93. The molecule has 0 aromatic carbocycles. The van der Waals surface area contributed by atoms with Gasteiger partial charge in [0, 0.05) is 17.3 Å². The van der Waals surface area contributed by atoms with Crippen LogP contribution < -0.4 is 5.32 Å². The van der Waals surface area contributed by atoms with Crippen molar-refractivity contribution in [2.45, 2.75) is 19.0 Å². The van der Waals surface area contributed by atoms with Gasteiger partial charge in [-0.1, -0.05) is 11.8 Å². The summed E-state index contributed by atoms with van der Waals surface area (Å²) in [5, 5.41) is 3.81. The van der Waals surface area contributed by atoms with Crippen LogP contribution in [0.5, 0.6) is 0 Å². The van der Waals surface area contributed by atoms with Crippen molar-refractivity contribution < 1.29 is 14.3 Å². The Bertz CT molecular complexity index is 686. The second-order valence-corrected chi connectivity index (χ2v) is 6.51. The first-order valence-corrected chi connectivity index (χ1v) is 8.21. The van der Waals surface area contributed by atoms with Crippen LogP contribution >= 0.6 is 23.1 Å². The Morgan fingerprint density at radius 1 is 1.32 bits per heavy atom. The molecular formula is C14H15N3O3S2. The number of hydrogen-bond acceptors (Lipinski definition) is 7. The number of thiophene rings is 1. The van der Waals surface area contributed by atoms with Gasteiger partial charge in [0.15, 0.2) is 5.16 Å². The molecule has 0 spiro atoms. The van der Waals surface area contributed by atoms with Crippen LogP contribution in [-0.2, 0) is 9.53 Å². The molecule has 0 aliphatic carbocycles. The van der Waals surface area contributed by atoms with Gasteiger partial charge in [-0.25, -0.2) is 14.8 Å². The van der Waals surface area contributed by atoms with E-state index < -0.39 is 5.97 Å². The lowest BCUT2D eigenvalue weighted by molar-refractivity contribution is -0.113. The van der Waals surface area contributed by atoms with Crippen molar-refractivity contribution in [3.05, 3.63) is 34.5 Å². The van der Waals surface area contributed by atoms with Crippen molar-refractivity contribution in [2.24, 2.45) is 0 Å². The summed E-state index contributed by atoms with van der Waals surface area (Å²) < 4.78 is 4.77. The van der Waals surface area contributed by atoms with Crippen molar-refractivity contribution in [3.8, 4) is 0 Å². The highest BCUT2D eigenvalue weighted by molar-refractivity contribution is 7.99. The van der Waals surface area contributed by atoms with Crippen LogP contribution in [0.3, 0.4) is 0 Å². The fraction of sp³-hybridized carbons (Fsp3) is 0.286. The number of ether oxygens (including phenoxy) is 1. The number of thioether (sulfide) groups is 1. The summed E-state index contributed by atoms with van der Waals surface area (Å²) in [5.74, 6) is -0.499. The molecule has 1 N–H and O–H groups in total. The predicted molar refractivity (Wildman–Crippen MR) is 86.5 cm³/mol. The summed E-state index contributed by atoms with van der Waals surface area (Å²) in [6.45, 7) is 3.73. The molecule has 0 fully saturated rings. The molecule has 0 aliphatic heterocycles. The molecule has 8 heteroatoms. The van der Waals surface area contributed by atoms with Gasteiger partial charge in [0.1, 0.15) is 5.00 Å². The summed E-state index contributed by atoms with van der Waals surface area (Å²) in [7, 11) is 1.32. The number of nitrogens with zero attached hydrogens (tertiary/aromatic N) is 2. The third-order valence-electron chi connectivity index (χ3n) is 2.90. The second-order valence-electron chi connectivity index (χ2n) is 4.35. The lowest BCUT2D eigenvalue weighted by Gasteiger charge is -2.05. The monoisotopic (exact) mass is 337 g/mol. The maximum absolute atomic E-state index is 12.0. The molecule has 0 saturated carbocycles. The van der Waals surface area contributed by atoms with Gasteiger partial charge in [0.05, 0.1) is 18.4 Å². The summed E-state index contributed by atoms with van der Waals surface area (Å²) in [6, 6.07) is 1.71. The van der Waals surface area contributed by atoms with E-state index in [-0.39, 0.29) is 11.7 Å². The Morgan fingerprint density at radius 2 is 2.00 bits per heavy atom. The fourth-order valence-electron chi connectivity index (χ4n) is 1.72. The molecule has 2 aromatic heterocycles. The van der Waals surface area contributed by atoms with Crippen LogP contribution in [-0.4, -0.2) is 34.7 Å². The minimum absolute atomic E-state index is 0.167. The maximum Gasteiger partial charge on any atom is 0.341 e. The average molecular weight is 337 g/mol. The number of aryl methyl sites for hydroxylation is 1. The topological polar surface area (TPSA) is 81.2 Å². The maximum atomic E-state index is 12.0. The largest absolute Gasteiger partial charge is 0.465 e. The predicted octanol–water partition coefficient (Wildman–Crippen LogP) is 2.67. The van der Waals surface area contributed by atoms with Crippen LogP contribution in [0.1, 0.15) is 20.8 Å². The standard InChI is InChI=1S/C14H15N3O3S2/c1-8-9(2)22-12(11(8)13(19)20-3)17-10(18)7-21-14-15-5-4-6-16-14/h4-6H,7H2,1-3H3,(H,17,18). The molecule has 0 unspecified atom stereocenters. The molecular weight excluding hydrogens is 322 g/mol. The van der Waals surface area contributed by atoms with Crippen LogP contribution in [0.25, 0.3) is 0 Å². The van der Waals surface area contributed by atoms with Crippen molar-refractivity contribution in [3.63, 3.8) is 0 Å². The summed E-state index contributed by atoms with van der Waals surface area (Å²) in [6.07, 6.45) is 3.24. The van der Waals surface area contributed by atoms with E-state index in [0.29, 0.717) is 15.7 Å². The van der Waals surface area contributed by atoms with Crippen molar-refractivity contribution >= 4 is 40.0 Å². The zero-order valence-corrected chi connectivity index (χ0v) is 14.0. The van der Waals surface area contributed by atoms with E-state index >= 15 is 0 Å². The second kappa shape index (κ2) is 7.37. The van der Waals surface area contributed by atoms with Crippen LogP contribution in [0.4, 0.5) is 5.00 Å². The summed E-state index contributed by atoms with van der Waals surface area (Å²) in [4.78, 5) is 32.9. The van der Waals surface area contributed by atoms with Crippen molar-refractivity contribution in [1.82, 2.24) is 9.97 Å². The molecule has 6 nitrogen and oxygen atoms in total. The SMILES string of the molecule is COC(=O)c1c(NC(=O)CSc2ncccn2)sc(C)c1C. The Labute approximate surface area is 136 Å². The number of anilines is 1. The highest BCUT2D eigenvalue weighted by atomic mass is 32.2. The number of carbonyl (C=O) groups excluding carboxylic acids is 2. The van der Waals surface area contributed by atoms with Gasteiger partial charge in [-0.05, 0) is 25.5 Å². The van der Waals surface area contributed by atoms with Gasteiger partial charge in [-0.2, -0.15) is 0 Å². The van der Waals surface area contributed by atoms with E-state index in [2.05, 4.69) is 15.3 Å². The lowest BCUT2D eigenvalue weighted by Crippen LogP contribution is -2.16. The number of methoxy groups -OCH3 is 1. The quantitative estimate of drug-likeness (QED) is 0.513. The first kappa shape index (κ1) is 16.4. The molecule has 22 heavy (non-hydrogen) atoms. The van der Waals surface area contributed by atoms with Gasteiger partial charge < -0.3 is 10.1 Å². The van der Waals surface area contributed by atoms with Gasteiger partial charge in [0.25, 0.3) is 0 Å². The van der Waals surface area contributed by atoms with E-state index in [1.54, 1.807) is 18.5 Å². The smallest absolute Gasteiger partial charge is 0.341 e. The normalized spacial score (nSPS) is 10.3. The molecule has 0 saturated heterocycles. The molecule has 2 rings (SSSR count). The average Bonchev–Trinajstić information content (AvgIpc) is 2.80. The van der Waals surface area contributed by atoms with E-state index in [1.165, 1.54) is 30.2 Å². The summed E-state index contributed by atoms with van der Waals surface area (Å²) >= 11 is 2.59. The number of esters is 1. The molecule has 0 atom stereocenters. The van der Waals surface area contributed by atoms with E-state index in [1.807, 2.05) is 13.8 Å². The van der Waals surface area contributed by atoms with Gasteiger partial charge >= 0.3 is 5.97 Å². The zero-order chi connectivity index (χ0) is 16.1. The Kier molecular flexibility index (Phi) is 5.51. The van der Waals surface area contributed by atoms with Crippen molar-refractivity contribution in [2.75, 3.05) is 18.2 Å². The molecule has 116 valence electrons. The van der Waals surface area contributed by atoms with Crippen LogP contribution in [0, 0.1) is 13.8 Å². The number of aromatic nitrogens is 2. The number of nitrogens with one attached hydrogen (secondary N) is 1. The van der Waals surface area contributed by atoms with Crippen LogP contribution in [0.2, 0.25) is 0 Å². The molecule has 0 radical (unpaired) electrons. The summed E-state index contributed by atoms with van der Waals surface area (Å²) in [5.41, 5.74) is 1.24. The Morgan fingerprint density at radius 3 is 2.64 bits per heavy atom. The zero-order valence-electron chi connectivity index (χ0n) is 12.4. The van der Waals surface area contributed by atoms with Gasteiger partial charge in [-0.3, -0.25) is 4.79 Å². The number of rotatable bonds is 5. The first-order chi connectivity index (χ1) is 10.5. The first-order valence-electron chi connectivity index (χ1n) is 6.41. The molecule has 1 amide bonds.